The van der Waals surface area contributed by atoms with Gasteiger partial charge < -0.3 is 4.74 Å². The highest BCUT2D eigenvalue weighted by Gasteiger charge is 2.40. The maximum Gasteiger partial charge on any atom is 0.315 e. The normalized spacial score (nSPS) is 28.3. The number of carbonyl (C=O) groups excluding carboxylic acids is 2. The van der Waals surface area contributed by atoms with Crippen LogP contribution in [0, 0.1) is 0 Å². The van der Waals surface area contributed by atoms with Gasteiger partial charge in [0.2, 0.25) is 0 Å². The average Bonchev–Trinajstić information content (AvgIpc) is 2.09. The molecule has 0 N–H and O–H groups in total. The Balaban J connectivity index is 2.68. The quantitative estimate of drug-likeness (QED) is 0.649. The molecule has 1 aliphatic heterocycles. The van der Waals surface area contributed by atoms with Crippen LogP contribution in [0.5, 0.6) is 0 Å². The topological polar surface area (TPSA) is 43.4 Å². The molecule has 0 radical (unpaired) electrons. The van der Waals surface area contributed by atoms with Gasteiger partial charge in [-0.05, 0) is 13.3 Å². The van der Waals surface area contributed by atoms with Crippen molar-refractivity contribution < 1.29 is 14.3 Å². The third kappa shape index (κ3) is 2.24. The highest BCUT2D eigenvalue weighted by atomic mass is 32.2. The molecule has 0 saturated carbocycles. The number of ketones is 1. The van der Waals surface area contributed by atoms with Gasteiger partial charge >= 0.3 is 5.97 Å². The number of hydrogen-bond acceptors (Lipinski definition) is 4. The maximum atomic E-state index is 11.4. The summed E-state index contributed by atoms with van der Waals surface area (Å²) in [5.41, 5.74) is 0. The molecule has 1 heterocycles. The SMILES string of the molecule is CCCC1(C(C)=O)COC(=O)CS1. The molecule has 0 amide bonds. The van der Waals surface area contributed by atoms with Gasteiger partial charge in [-0.15, -0.1) is 11.8 Å². The van der Waals surface area contributed by atoms with Gasteiger partial charge in [-0.2, -0.15) is 0 Å². The van der Waals surface area contributed by atoms with Crippen LogP contribution in [-0.2, 0) is 14.3 Å². The largest absolute Gasteiger partial charge is 0.463 e. The Kier molecular flexibility index (Phi) is 3.36. The fraction of sp³-hybridized carbons (Fsp3) is 0.778. The molecule has 0 bridgehead atoms. The van der Waals surface area contributed by atoms with Crippen molar-refractivity contribution >= 4 is 23.5 Å². The Hall–Kier alpha value is -0.510. The molecule has 0 aromatic carbocycles. The summed E-state index contributed by atoms with van der Waals surface area (Å²) in [5, 5.41) is 0. The minimum atomic E-state index is -0.456. The monoisotopic (exact) mass is 202 g/mol. The zero-order valence-corrected chi connectivity index (χ0v) is 8.78. The van der Waals surface area contributed by atoms with Crippen LogP contribution in [0.15, 0.2) is 0 Å². The Bertz CT molecular complexity index is 215. The first-order valence-corrected chi connectivity index (χ1v) is 5.40. The summed E-state index contributed by atoms with van der Waals surface area (Å²) >= 11 is 1.43. The summed E-state index contributed by atoms with van der Waals surface area (Å²) in [6.45, 7) is 3.85. The number of rotatable bonds is 3. The molecule has 0 spiro atoms. The molecule has 0 aromatic rings. The summed E-state index contributed by atoms with van der Waals surface area (Å²) in [4.78, 5) is 22.2. The van der Waals surface area contributed by atoms with Gasteiger partial charge in [-0.25, -0.2) is 0 Å². The Morgan fingerprint density at radius 1 is 1.69 bits per heavy atom. The Morgan fingerprint density at radius 2 is 2.38 bits per heavy atom. The van der Waals surface area contributed by atoms with E-state index in [9.17, 15) is 9.59 Å². The molecule has 1 unspecified atom stereocenters. The van der Waals surface area contributed by atoms with Crippen LogP contribution in [0.1, 0.15) is 26.7 Å². The first-order chi connectivity index (χ1) is 6.10. The third-order valence-electron chi connectivity index (χ3n) is 2.23. The van der Waals surface area contributed by atoms with E-state index < -0.39 is 4.75 Å². The van der Waals surface area contributed by atoms with Crippen LogP contribution in [0.4, 0.5) is 0 Å². The molecule has 1 atom stereocenters. The lowest BCUT2D eigenvalue weighted by atomic mass is 9.99. The Labute approximate surface area is 82.2 Å². The second-order valence-electron chi connectivity index (χ2n) is 3.25. The van der Waals surface area contributed by atoms with Crippen LogP contribution in [0.3, 0.4) is 0 Å². The molecule has 1 saturated heterocycles. The standard InChI is InChI=1S/C9H14O3S/c1-3-4-9(7(2)10)6-12-8(11)5-13-9/h3-6H2,1-2H3. The molecule has 74 valence electrons. The molecule has 1 aliphatic rings. The van der Waals surface area contributed by atoms with Crippen LogP contribution in [-0.4, -0.2) is 28.9 Å². The molecular formula is C9H14O3S. The number of thioether (sulfide) groups is 1. The predicted octanol–water partition coefficient (Wildman–Crippen LogP) is 1.40. The number of Topliss-reactive ketones (excluding diaryl/α,β-unsaturated/α-hetero) is 1. The molecule has 1 rings (SSSR count). The van der Waals surface area contributed by atoms with Crippen molar-refractivity contribution in [3.05, 3.63) is 0 Å². The van der Waals surface area contributed by atoms with Crippen molar-refractivity contribution in [1.82, 2.24) is 0 Å². The highest BCUT2D eigenvalue weighted by molar-refractivity contribution is 8.02. The fourth-order valence-corrected chi connectivity index (χ4v) is 2.58. The molecule has 1 fully saturated rings. The number of hydrogen-bond donors (Lipinski definition) is 0. The van der Waals surface area contributed by atoms with E-state index in [1.165, 1.54) is 11.8 Å². The van der Waals surface area contributed by atoms with Crippen molar-refractivity contribution in [3.8, 4) is 0 Å². The van der Waals surface area contributed by atoms with Crippen LogP contribution >= 0.6 is 11.8 Å². The van der Waals surface area contributed by atoms with Crippen molar-refractivity contribution in [3.63, 3.8) is 0 Å². The summed E-state index contributed by atoms with van der Waals surface area (Å²) in [6.07, 6.45) is 1.73. The van der Waals surface area contributed by atoms with Gasteiger partial charge in [0.25, 0.3) is 0 Å². The zero-order chi connectivity index (χ0) is 9.90. The lowest BCUT2D eigenvalue weighted by Gasteiger charge is -2.32. The van der Waals surface area contributed by atoms with Crippen molar-refractivity contribution in [2.45, 2.75) is 31.4 Å². The predicted molar refractivity (Wildman–Crippen MR) is 51.7 cm³/mol. The summed E-state index contributed by atoms with van der Waals surface area (Å²) in [5.74, 6) is 0.212. The zero-order valence-electron chi connectivity index (χ0n) is 7.96. The first kappa shape index (κ1) is 10.6. The van der Waals surface area contributed by atoms with E-state index in [2.05, 4.69) is 0 Å². The number of cyclic esters (lactones) is 1. The van der Waals surface area contributed by atoms with Gasteiger partial charge in [0, 0.05) is 0 Å². The van der Waals surface area contributed by atoms with Gasteiger partial charge in [-0.1, -0.05) is 13.3 Å². The summed E-state index contributed by atoms with van der Waals surface area (Å²) in [6, 6.07) is 0. The van der Waals surface area contributed by atoms with E-state index in [1.54, 1.807) is 6.92 Å². The first-order valence-electron chi connectivity index (χ1n) is 4.41. The number of esters is 1. The van der Waals surface area contributed by atoms with Gasteiger partial charge in [0.1, 0.15) is 17.1 Å². The third-order valence-corrected chi connectivity index (χ3v) is 3.77. The smallest absolute Gasteiger partial charge is 0.315 e. The van der Waals surface area contributed by atoms with Crippen LogP contribution in [0.25, 0.3) is 0 Å². The van der Waals surface area contributed by atoms with E-state index in [4.69, 9.17) is 4.74 Å². The van der Waals surface area contributed by atoms with Gasteiger partial charge in [-0.3, -0.25) is 9.59 Å². The van der Waals surface area contributed by atoms with Crippen molar-refractivity contribution in [2.24, 2.45) is 0 Å². The Morgan fingerprint density at radius 3 is 2.77 bits per heavy atom. The molecular weight excluding hydrogens is 188 g/mol. The molecule has 0 aliphatic carbocycles. The minimum Gasteiger partial charge on any atom is -0.463 e. The van der Waals surface area contributed by atoms with E-state index in [-0.39, 0.29) is 18.4 Å². The van der Waals surface area contributed by atoms with E-state index in [0.29, 0.717) is 5.75 Å². The van der Waals surface area contributed by atoms with E-state index in [0.717, 1.165) is 12.8 Å². The summed E-state index contributed by atoms with van der Waals surface area (Å²) in [7, 11) is 0. The van der Waals surface area contributed by atoms with Gasteiger partial charge in [0.15, 0.2) is 0 Å². The maximum absolute atomic E-state index is 11.4. The number of carbonyl (C=O) groups is 2. The minimum absolute atomic E-state index is 0.117. The number of ether oxygens (including phenoxy) is 1. The average molecular weight is 202 g/mol. The van der Waals surface area contributed by atoms with Crippen LogP contribution < -0.4 is 0 Å². The second-order valence-corrected chi connectivity index (χ2v) is 4.61. The van der Waals surface area contributed by atoms with Gasteiger partial charge in [0.05, 0.1) is 5.75 Å². The lowest BCUT2D eigenvalue weighted by molar-refractivity contribution is -0.143. The molecule has 4 heteroatoms. The second kappa shape index (κ2) is 4.13. The van der Waals surface area contributed by atoms with Crippen molar-refractivity contribution in [1.29, 1.82) is 0 Å². The lowest BCUT2D eigenvalue weighted by Crippen LogP contribution is -2.43. The molecule has 13 heavy (non-hydrogen) atoms. The van der Waals surface area contributed by atoms with Crippen molar-refractivity contribution in [2.75, 3.05) is 12.4 Å². The molecule has 0 aromatic heterocycles. The fourth-order valence-electron chi connectivity index (χ4n) is 1.40. The highest BCUT2D eigenvalue weighted by Crippen LogP contribution is 2.35. The van der Waals surface area contributed by atoms with E-state index >= 15 is 0 Å². The van der Waals surface area contributed by atoms with E-state index in [1.807, 2.05) is 6.92 Å². The molecule has 3 nitrogen and oxygen atoms in total. The van der Waals surface area contributed by atoms with Crippen LogP contribution in [0.2, 0.25) is 0 Å². The summed E-state index contributed by atoms with van der Waals surface area (Å²) < 4.78 is 4.47.